The van der Waals surface area contributed by atoms with Crippen molar-refractivity contribution in [3.63, 3.8) is 0 Å². The van der Waals surface area contributed by atoms with Crippen LogP contribution in [-0.4, -0.2) is 79.4 Å². The van der Waals surface area contributed by atoms with Crippen molar-refractivity contribution < 1.29 is 14.5 Å². The molecule has 0 bridgehead atoms. The number of piperidine rings is 1. The van der Waals surface area contributed by atoms with E-state index in [1.54, 1.807) is 25.2 Å². The zero-order chi connectivity index (χ0) is 20.1. The van der Waals surface area contributed by atoms with E-state index in [0.29, 0.717) is 64.3 Å². The number of rotatable bonds is 5. The van der Waals surface area contributed by atoms with E-state index < -0.39 is 0 Å². The van der Waals surface area contributed by atoms with Crippen molar-refractivity contribution in [2.75, 3.05) is 57.8 Å². The minimum absolute atomic E-state index is 0.0119. The number of hydrogen-bond donors (Lipinski definition) is 1. The lowest BCUT2D eigenvalue weighted by Gasteiger charge is -2.38. The fourth-order valence-corrected chi connectivity index (χ4v) is 3.92. The summed E-state index contributed by atoms with van der Waals surface area (Å²) in [5.74, 6) is 0.119. The smallest absolute Gasteiger partial charge is 0.292 e. The third kappa shape index (κ3) is 4.59. The van der Waals surface area contributed by atoms with E-state index in [0.717, 1.165) is 0 Å². The lowest BCUT2D eigenvalue weighted by atomic mass is 9.94. The molecule has 2 aliphatic heterocycles. The number of likely N-dealkylation sites (N-methyl/N-ethyl adjacent to an activating group) is 1. The first-order valence-corrected chi connectivity index (χ1v) is 9.69. The van der Waals surface area contributed by atoms with Crippen LogP contribution in [0, 0.1) is 16.0 Å². The van der Waals surface area contributed by atoms with E-state index in [2.05, 4.69) is 10.2 Å². The molecule has 0 unspecified atom stereocenters. The molecule has 1 aromatic carbocycles. The minimum Gasteiger partial charge on any atom is -0.366 e. The Hall–Kier alpha value is -2.68. The molecule has 1 N–H and O–H groups in total. The Morgan fingerprint density at radius 1 is 1.11 bits per heavy atom. The number of piperazine rings is 1. The third-order valence-electron chi connectivity index (χ3n) is 5.59. The number of amides is 2. The van der Waals surface area contributed by atoms with Crippen LogP contribution in [0.2, 0.25) is 0 Å². The van der Waals surface area contributed by atoms with Crippen molar-refractivity contribution in [1.29, 1.82) is 0 Å². The van der Waals surface area contributed by atoms with Gasteiger partial charge in [0.15, 0.2) is 0 Å². The van der Waals surface area contributed by atoms with Crippen LogP contribution in [0.3, 0.4) is 0 Å². The van der Waals surface area contributed by atoms with Crippen molar-refractivity contribution in [2.45, 2.75) is 12.8 Å². The molecule has 3 rings (SSSR count). The summed E-state index contributed by atoms with van der Waals surface area (Å²) in [5, 5.41) is 13.9. The molecule has 0 radical (unpaired) electrons. The van der Waals surface area contributed by atoms with Crippen LogP contribution < -0.4 is 10.2 Å². The van der Waals surface area contributed by atoms with E-state index in [4.69, 9.17) is 0 Å². The van der Waals surface area contributed by atoms with Crippen LogP contribution in [0.1, 0.15) is 12.8 Å². The predicted octanol–water partition coefficient (Wildman–Crippen LogP) is 0.701. The van der Waals surface area contributed by atoms with E-state index in [9.17, 15) is 19.7 Å². The van der Waals surface area contributed by atoms with Gasteiger partial charge in [-0.05, 0) is 18.9 Å². The number of carbonyl (C=O) groups is 2. The quantitative estimate of drug-likeness (QED) is 0.588. The first-order valence-electron chi connectivity index (χ1n) is 9.69. The molecule has 2 amide bonds. The van der Waals surface area contributed by atoms with Crippen molar-refractivity contribution in [3.05, 3.63) is 34.4 Å². The summed E-state index contributed by atoms with van der Waals surface area (Å²) in [6.07, 6.45) is 1.40. The van der Waals surface area contributed by atoms with Crippen molar-refractivity contribution >= 4 is 23.2 Å². The minimum atomic E-state index is -0.356. The average molecular weight is 389 g/mol. The van der Waals surface area contributed by atoms with E-state index in [-0.39, 0.29) is 28.3 Å². The summed E-state index contributed by atoms with van der Waals surface area (Å²) in [6, 6.07) is 6.76. The normalized spacial score (nSPS) is 18.8. The predicted molar refractivity (Wildman–Crippen MR) is 105 cm³/mol. The van der Waals surface area contributed by atoms with Gasteiger partial charge < -0.3 is 15.1 Å². The monoisotopic (exact) mass is 389 g/mol. The second-order valence-electron chi connectivity index (χ2n) is 7.28. The number of nitro benzene ring substituents is 1. The highest BCUT2D eigenvalue weighted by molar-refractivity contribution is 5.80. The van der Waals surface area contributed by atoms with E-state index >= 15 is 0 Å². The number of carbonyl (C=O) groups excluding carboxylic acids is 2. The van der Waals surface area contributed by atoms with Crippen molar-refractivity contribution in [1.82, 2.24) is 15.1 Å². The van der Waals surface area contributed by atoms with Crippen molar-refractivity contribution in [2.24, 2.45) is 5.92 Å². The van der Waals surface area contributed by atoms with Gasteiger partial charge in [0.2, 0.25) is 11.8 Å². The van der Waals surface area contributed by atoms with Gasteiger partial charge in [0.05, 0.1) is 11.5 Å². The average Bonchev–Trinajstić information content (AvgIpc) is 2.73. The molecule has 0 aromatic heterocycles. The summed E-state index contributed by atoms with van der Waals surface area (Å²) < 4.78 is 0. The Labute approximate surface area is 164 Å². The fraction of sp³-hybridized carbons (Fsp3) is 0.579. The Morgan fingerprint density at radius 3 is 2.36 bits per heavy atom. The maximum absolute atomic E-state index is 12.9. The lowest BCUT2D eigenvalue weighted by molar-refractivity contribution is -0.384. The summed E-state index contributed by atoms with van der Waals surface area (Å²) in [5.41, 5.74) is 0.737. The second-order valence-corrected chi connectivity index (χ2v) is 7.28. The maximum Gasteiger partial charge on any atom is 0.292 e. The Kier molecular flexibility index (Phi) is 6.45. The van der Waals surface area contributed by atoms with E-state index in [1.165, 1.54) is 6.07 Å². The van der Waals surface area contributed by atoms with Gasteiger partial charge in [0.25, 0.3) is 5.69 Å². The lowest BCUT2D eigenvalue weighted by Crippen LogP contribution is -2.53. The number of nitrogens with zero attached hydrogens (tertiary/aromatic N) is 4. The Bertz CT molecular complexity index is 725. The molecule has 9 nitrogen and oxygen atoms in total. The topological polar surface area (TPSA) is 99.0 Å². The molecule has 152 valence electrons. The summed E-state index contributed by atoms with van der Waals surface area (Å²) in [4.78, 5) is 41.2. The standard InChI is InChI=1S/C19H27N5O4/c1-20-18(25)14-21-10-12-23(13-11-21)19(26)15-6-8-22(9-7-15)16-4-2-3-5-17(16)24(27)28/h2-5,15H,6-14H2,1H3,(H,20,25). The second kappa shape index (κ2) is 9.01. The number of para-hydroxylation sites is 2. The Balaban J connectivity index is 1.51. The van der Waals surface area contributed by atoms with Crippen LogP contribution in [-0.2, 0) is 9.59 Å². The Morgan fingerprint density at radius 2 is 1.75 bits per heavy atom. The third-order valence-corrected chi connectivity index (χ3v) is 5.59. The molecule has 2 saturated heterocycles. The van der Waals surface area contributed by atoms with Gasteiger partial charge in [-0.3, -0.25) is 24.6 Å². The first kappa shape index (κ1) is 20.1. The van der Waals surface area contributed by atoms with Crippen LogP contribution >= 0.6 is 0 Å². The molecule has 9 heteroatoms. The molecule has 0 spiro atoms. The van der Waals surface area contributed by atoms with Gasteiger partial charge in [-0.1, -0.05) is 12.1 Å². The van der Waals surface area contributed by atoms with Crippen LogP contribution in [0.25, 0.3) is 0 Å². The van der Waals surface area contributed by atoms with Gasteiger partial charge in [0, 0.05) is 58.3 Å². The summed E-state index contributed by atoms with van der Waals surface area (Å²) in [7, 11) is 1.62. The first-order chi connectivity index (χ1) is 13.5. The van der Waals surface area contributed by atoms with Gasteiger partial charge in [0.1, 0.15) is 5.69 Å². The van der Waals surface area contributed by atoms with Gasteiger partial charge in [-0.25, -0.2) is 0 Å². The molecule has 0 saturated carbocycles. The summed E-state index contributed by atoms with van der Waals surface area (Å²) >= 11 is 0. The highest BCUT2D eigenvalue weighted by Gasteiger charge is 2.32. The van der Waals surface area contributed by atoms with Crippen molar-refractivity contribution in [3.8, 4) is 0 Å². The maximum atomic E-state index is 12.9. The molecule has 28 heavy (non-hydrogen) atoms. The summed E-state index contributed by atoms with van der Waals surface area (Å²) in [6.45, 7) is 4.32. The molecular weight excluding hydrogens is 362 g/mol. The molecule has 0 aliphatic carbocycles. The fourth-order valence-electron chi connectivity index (χ4n) is 3.92. The zero-order valence-corrected chi connectivity index (χ0v) is 16.2. The SMILES string of the molecule is CNC(=O)CN1CCN(C(=O)C2CCN(c3ccccc3[N+](=O)[O-])CC2)CC1. The number of anilines is 1. The number of hydrogen-bond acceptors (Lipinski definition) is 6. The van der Waals surface area contributed by atoms with E-state index in [1.807, 2.05) is 9.80 Å². The molecule has 2 fully saturated rings. The molecule has 2 heterocycles. The van der Waals surface area contributed by atoms with Crippen LogP contribution in [0.15, 0.2) is 24.3 Å². The largest absolute Gasteiger partial charge is 0.366 e. The number of benzene rings is 1. The van der Waals surface area contributed by atoms with Gasteiger partial charge in [-0.2, -0.15) is 0 Å². The molecular formula is C19H27N5O4. The van der Waals surface area contributed by atoms with Crippen LogP contribution in [0.4, 0.5) is 11.4 Å². The molecule has 0 atom stereocenters. The number of nitro groups is 1. The molecule has 1 aromatic rings. The van der Waals surface area contributed by atoms with Crippen LogP contribution in [0.5, 0.6) is 0 Å². The van der Waals surface area contributed by atoms with Gasteiger partial charge in [-0.15, -0.1) is 0 Å². The number of nitrogens with one attached hydrogen (secondary N) is 1. The molecule has 2 aliphatic rings. The highest BCUT2D eigenvalue weighted by atomic mass is 16.6. The van der Waals surface area contributed by atoms with Gasteiger partial charge >= 0.3 is 0 Å². The highest BCUT2D eigenvalue weighted by Crippen LogP contribution is 2.31. The zero-order valence-electron chi connectivity index (χ0n) is 16.2.